The van der Waals surface area contributed by atoms with Gasteiger partial charge in [0.15, 0.2) is 0 Å². The Morgan fingerprint density at radius 2 is 1.33 bits per heavy atom. The number of carbonyl (C=O) groups is 2. The minimum Gasteiger partial charge on any atom is -0.481 e. The fourth-order valence-corrected chi connectivity index (χ4v) is 11.0. The lowest BCUT2D eigenvalue weighted by Gasteiger charge is -2.36. The van der Waals surface area contributed by atoms with Crippen molar-refractivity contribution in [3.8, 4) is 0 Å². The topological polar surface area (TPSA) is 193 Å². The lowest BCUT2D eigenvalue weighted by Crippen LogP contribution is -2.50. The lowest BCUT2D eigenvalue weighted by molar-refractivity contribution is -0.144. The highest BCUT2D eigenvalue weighted by atomic mass is 32.1. The van der Waals surface area contributed by atoms with Crippen molar-refractivity contribution in [2.24, 2.45) is 21.8 Å². The fraction of sp³-hybridized carbons (Fsp3) is 0.366. The van der Waals surface area contributed by atoms with E-state index in [4.69, 9.17) is 4.74 Å². The van der Waals surface area contributed by atoms with Crippen molar-refractivity contribution in [3.05, 3.63) is 80.6 Å². The molecule has 3 aliphatic heterocycles. The van der Waals surface area contributed by atoms with E-state index in [-0.39, 0.29) is 23.8 Å². The molecule has 9 heterocycles. The number of hydrogen-bond donors (Lipinski definition) is 3. The number of aliphatic imine (C=N–C) groups is 2. The highest BCUT2D eigenvalue weighted by molar-refractivity contribution is 7.19. The molecular formula is C41H39N11O4S2. The Hall–Kier alpha value is -5.78. The minimum atomic E-state index is -0.719. The number of fused-ring (bicyclic) bond motifs is 8. The second-order valence-corrected chi connectivity index (χ2v) is 17.4. The number of thiophene rings is 2. The average Bonchev–Trinajstić information content (AvgIpc) is 4.05. The maximum Gasteiger partial charge on any atom is 0.306 e. The summed E-state index contributed by atoms with van der Waals surface area (Å²) in [6, 6.07) is 4.23. The van der Waals surface area contributed by atoms with Crippen molar-refractivity contribution >= 4 is 90.4 Å². The summed E-state index contributed by atoms with van der Waals surface area (Å²) in [5.74, 6) is 0.817. The first kappa shape index (κ1) is 36.6. The molecular weight excluding hydrogens is 775 g/mol. The van der Waals surface area contributed by atoms with Crippen LogP contribution in [0.1, 0.15) is 63.2 Å². The van der Waals surface area contributed by atoms with Crippen LogP contribution in [0.2, 0.25) is 0 Å². The molecule has 15 nitrogen and oxygen atoms in total. The number of nitrogens with one attached hydrogen (secondary N) is 2. The summed E-state index contributed by atoms with van der Waals surface area (Å²) in [5, 5.41) is 18.2. The van der Waals surface area contributed by atoms with Gasteiger partial charge in [-0.1, -0.05) is 0 Å². The van der Waals surface area contributed by atoms with E-state index in [1.807, 2.05) is 29.6 Å². The van der Waals surface area contributed by atoms with Crippen LogP contribution >= 0.6 is 22.7 Å². The first-order valence-electron chi connectivity index (χ1n) is 19.5. The second-order valence-electron chi connectivity index (χ2n) is 15.2. The molecule has 0 radical (unpaired) electrons. The Bertz CT molecular complexity index is 2680. The van der Waals surface area contributed by atoms with E-state index < -0.39 is 5.97 Å². The molecule has 0 saturated carbocycles. The zero-order valence-electron chi connectivity index (χ0n) is 31.6. The monoisotopic (exact) mass is 813 g/mol. The van der Waals surface area contributed by atoms with Crippen molar-refractivity contribution in [1.29, 1.82) is 0 Å². The quantitative estimate of drug-likeness (QED) is 0.176. The molecule has 1 amide bonds. The van der Waals surface area contributed by atoms with Gasteiger partial charge in [0, 0.05) is 45.8 Å². The van der Waals surface area contributed by atoms with Crippen LogP contribution in [0.25, 0.3) is 20.4 Å². The van der Waals surface area contributed by atoms with Gasteiger partial charge in [0.05, 0.1) is 84.2 Å². The molecule has 2 aliphatic carbocycles. The van der Waals surface area contributed by atoms with Gasteiger partial charge in [-0.25, -0.2) is 19.9 Å². The summed E-state index contributed by atoms with van der Waals surface area (Å²) in [4.78, 5) is 66.2. The summed E-state index contributed by atoms with van der Waals surface area (Å²) >= 11 is 3.26. The molecule has 5 aliphatic rings. The Labute approximate surface area is 340 Å². The molecule has 294 valence electrons. The average molecular weight is 814 g/mol. The Balaban J connectivity index is 0.000000144. The van der Waals surface area contributed by atoms with Gasteiger partial charge >= 0.3 is 5.97 Å². The molecule has 3 atom stereocenters. The maximum absolute atomic E-state index is 13.2. The SMILES string of the molecule is C[C@H]1COCCN1C(=O)[C@H]1CCc2c(sc3ncnc(Nc4cnc5c(c4)C=NC5)c23)C1.O=C(O)[C@H]1CCc2c(sc3ncnc(Nc4cnc5c(c4)C=NC5)c23)C1. The largest absolute Gasteiger partial charge is 0.481 e. The number of anilines is 4. The number of aliphatic carboxylic acids is 1. The molecule has 11 rings (SSSR count). The molecule has 0 bridgehead atoms. The van der Waals surface area contributed by atoms with E-state index in [0.29, 0.717) is 45.7 Å². The number of carbonyl (C=O) groups excluding carboxylic acids is 1. The van der Waals surface area contributed by atoms with Crippen LogP contribution in [-0.2, 0) is 53.1 Å². The van der Waals surface area contributed by atoms with E-state index in [1.165, 1.54) is 16.0 Å². The summed E-state index contributed by atoms with van der Waals surface area (Å²) in [6.07, 6.45) is 14.9. The van der Waals surface area contributed by atoms with Crippen LogP contribution in [0.3, 0.4) is 0 Å². The number of carboxylic acids is 1. The van der Waals surface area contributed by atoms with Crippen molar-refractivity contribution in [1.82, 2.24) is 34.8 Å². The lowest BCUT2D eigenvalue weighted by atomic mass is 9.86. The van der Waals surface area contributed by atoms with Gasteiger partial charge in [-0.15, -0.1) is 22.7 Å². The van der Waals surface area contributed by atoms with Crippen LogP contribution in [0.5, 0.6) is 0 Å². The Morgan fingerprint density at radius 3 is 1.88 bits per heavy atom. The molecule has 0 spiro atoms. The van der Waals surface area contributed by atoms with E-state index in [0.717, 1.165) is 96.5 Å². The summed E-state index contributed by atoms with van der Waals surface area (Å²) in [5.41, 5.74) is 8.27. The van der Waals surface area contributed by atoms with Gasteiger partial charge in [-0.3, -0.25) is 29.5 Å². The Kier molecular flexibility index (Phi) is 9.57. The molecule has 17 heteroatoms. The molecule has 1 saturated heterocycles. The zero-order valence-corrected chi connectivity index (χ0v) is 33.3. The van der Waals surface area contributed by atoms with E-state index in [9.17, 15) is 14.7 Å². The van der Waals surface area contributed by atoms with Gasteiger partial charge in [0.25, 0.3) is 0 Å². The number of morpholine rings is 1. The normalized spacial score (nSPS) is 20.2. The number of amides is 1. The van der Waals surface area contributed by atoms with Crippen LogP contribution in [-0.4, -0.2) is 90.0 Å². The highest BCUT2D eigenvalue weighted by Crippen LogP contribution is 2.42. The van der Waals surface area contributed by atoms with Crippen LogP contribution < -0.4 is 10.6 Å². The predicted octanol–water partition coefficient (Wildman–Crippen LogP) is 6.07. The number of carboxylic acid groups (broad SMARTS) is 1. The number of pyridine rings is 2. The number of aryl methyl sites for hydroxylation is 2. The smallest absolute Gasteiger partial charge is 0.306 e. The molecule has 58 heavy (non-hydrogen) atoms. The van der Waals surface area contributed by atoms with Gasteiger partial charge in [0.2, 0.25) is 5.91 Å². The molecule has 0 unspecified atom stereocenters. The van der Waals surface area contributed by atoms with Gasteiger partial charge in [0.1, 0.15) is 34.0 Å². The maximum atomic E-state index is 13.2. The second kappa shape index (κ2) is 15.2. The van der Waals surface area contributed by atoms with Crippen LogP contribution in [0, 0.1) is 11.8 Å². The third kappa shape index (κ3) is 6.86. The van der Waals surface area contributed by atoms with E-state index in [1.54, 1.807) is 41.5 Å². The summed E-state index contributed by atoms with van der Waals surface area (Å²) in [7, 11) is 0. The number of nitrogens with zero attached hydrogens (tertiary/aromatic N) is 9. The number of rotatable bonds is 6. The minimum absolute atomic E-state index is 0.0284. The molecule has 6 aromatic heterocycles. The third-order valence-corrected chi connectivity index (χ3v) is 13.8. The van der Waals surface area contributed by atoms with Crippen molar-refractivity contribution < 1.29 is 19.4 Å². The fourth-order valence-electron chi connectivity index (χ4n) is 8.50. The van der Waals surface area contributed by atoms with E-state index >= 15 is 0 Å². The molecule has 6 aromatic rings. The molecule has 0 aromatic carbocycles. The summed E-state index contributed by atoms with van der Waals surface area (Å²) in [6.45, 7) is 5.29. The Morgan fingerprint density at radius 1 is 0.776 bits per heavy atom. The van der Waals surface area contributed by atoms with Crippen molar-refractivity contribution in [3.63, 3.8) is 0 Å². The summed E-state index contributed by atoms with van der Waals surface area (Å²) < 4.78 is 5.51. The van der Waals surface area contributed by atoms with Crippen LogP contribution in [0.4, 0.5) is 23.0 Å². The predicted molar refractivity (Wildman–Crippen MR) is 223 cm³/mol. The molecule has 3 N–H and O–H groups in total. The number of ether oxygens (including phenoxy) is 1. The first-order chi connectivity index (χ1) is 28.4. The standard InChI is InChI=1S/C23H24N6O2S.C18H15N5O2S/c1-13-11-31-5-4-29(13)23(30)14-2-3-17-19(7-14)32-22-20(17)21(26-12-27-22)28-16-6-15-8-24-10-18(15)25-9-16;24-18(25)9-1-2-12-14(4-9)26-17-15(12)16(21-8-22-17)23-11-3-10-5-19-7-13(10)20-6-11/h6,8-9,12-14H,2-5,7,10-11H2,1H3,(H,26,27,28);3,5-6,8-9H,1-2,4,7H2,(H,24,25)(H,21,22,23)/t13-,14-;9-/m00/s1. The number of aromatic nitrogens is 6. The zero-order chi connectivity index (χ0) is 39.3. The molecule has 1 fully saturated rings. The van der Waals surface area contributed by atoms with Crippen LogP contribution in [0.15, 0.2) is 47.2 Å². The highest BCUT2D eigenvalue weighted by Gasteiger charge is 2.34. The number of hydrogen-bond acceptors (Lipinski definition) is 15. The van der Waals surface area contributed by atoms with Crippen molar-refractivity contribution in [2.75, 3.05) is 30.4 Å². The van der Waals surface area contributed by atoms with E-state index in [2.05, 4.69) is 63.5 Å². The van der Waals surface area contributed by atoms with Crippen molar-refractivity contribution in [2.45, 2.75) is 64.6 Å². The van der Waals surface area contributed by atoms with Gasteiger partial charge < -0.3 is 25.4 Å². The van der Waals surface area contributed by atoms with Gasteiger partial charge in [-0.2, -0.15) is 0 Å². The third-order valence-electron chi connectivity index (χ3n) is 11.5. The first-order valence-corrected chi connectivity index (χ1v) is 21.1. The van der Waals surface area contributed by atoms with Gasteiger partial charge in [-0.05, 0) is 68.7 Å².